The zero-order valence-electron chi connectivity index (χ0n) is 17.4. The molecule has 0 spiro atoms. The predicted octanol–water partition coefficient (Wildman–Crippen LogP) is 4.37. The van der Waals surface area contributed by atoms with Gasteiger partial charge in [0, 0.05) is 31.0 Å². The Kier molecular flexibility index (Phi) is 4.92. The van der Waals surface area contributed by atoms with E-state index < -0.39 is 0 Å². The van der Waals surface area contributed by atoms with Crippen LogP contribution in [0.1, 0.15) is 32.6 Å². The second-order valence-electron chi connectivity index (χ2n) is 7.67. The molecule has 0 bridgehead atoms. The van der Waals surface area contributed by atoms with Gasteiger partial charge in [0.15, 0.2) is 5.76 Å². The number of rotatable bonds is 4. The van der Waals surface area contributed by atoms with Crippen LogP contribution in [0, 0.1) is 6.92 Å². The molecule has 0 amide bonds. The van der Waals surface area contributed by atoms with Crippen LogP contribution < -0.4 is 14.2 Å². The monoisotopic (exact) mass is 414 g/mol. The van der Waals surface area contributed by atoms with Crippen LogP contribution in [0.5, 0.6) is 17.2 Å². The topological polar surface area (TPSA) is 60.9 Å². The Morgan fingerprint density at radius 2 is 2.00 bits per heavy atom. The number of carbonyl (C=O) groups excluding carboxylic acids is 1. The highest BCUT2D eigenvalue weighted by Crippen LogP contribution is 2.44. The van der Waals surface area contributed by atoms with E-state index in [4.69, 9.17) is 14.2 Å². The molecule has 6 nitrogen and oxygen atoms in total. The highest BCUT2D eigenvalue weighted by molar-refractivity contribution is 6.15. The standard InChI is InChI=1S/C25H22N2O4/c1-16-11-21-19(14-27(15-30-21)13-18-5-3-4-6-20(18)29-2)25-23(16)24(28)22(31-25)12-17-7-9-26-10-8-17/h3-12H,13-15H2,1-2H3/b22-12-. The summed E-state index contributed by atoms with van der Waals surface area (Å²) in [5.41, 5.74) is 4.31. The van der Waals surface area contributed by atoms with Gasteiger partial charge >= 0.3 is 0 Å². The molecular formula is C25H22N2O4. The lowest BCUT2D eigenvalue weighted by atomic mass is 9.98. The first-order valence-electron chi connectivity index (χ1n) is 10.1. The largest absolute Gasteiger partial charge is 0.496 e. The number of aryl methyl sites for hydroxylation is 1. The molecule has 6 heteroatoms. The maximum Gasteiger partial charge on any atom is 0.232 e. The molecule has 2 aliphatic heterocycles. The fourth-order valence-corrected chi connectivity index (χ4v) is 4.06. The van der Waals surface area contributed by atoms with Crippen LogP contribution in [-0.2, 0) is 13.1 Å². The first kappa shape index (κ1) is 19.3. The predicted molar refractivity (Wildman–Crippen MR) is 116 cm³/mol. The van der Waals surface area contributed by atoms with Crippen molar-refractivity contribution in [1.29, 1.82) is 0 Å². The molecule has 0 unspecified atom stereocenters. The van der Waals surface area contributed by atoms with Crippen molar-refractivity contribution in [2.75, 3.05) is 13.8 Å². The van der Waals surface area contributed by atoms with Crippen LogP contribution in [0.3, 0.4) is 0 Å². The summed E-state index contributed by atoms with van der Waals surface area (Å²) in [6.07, 6.45) is 5.14. The van der Waals surface area contributed by atoms with E-state index >= 15 is 0 Å². The fraction of sp³-hybridized carbons (Fsp3) is 0.200. The second-order valence-corrected chi connectivity index (χ2v) is 7.67. The Bertz CT molecular complexity index is 1190. The summed E-state index contributed by atoms with van der Waals surface area (Å²) in [6.45, 7) is 3.66. The van der Waals surface area contributed by atoms with E-state index in [1.165, 1.54) is 0 Å². The minimum atomic E-state index is -0.103. The molecule has 2 aromatic carbocycles. The zero-order valence-corrected chi connectivity index (χ0v) is 17.4. The van der Waals surface area contributed by atoms with Crippen molar-refractivity contribution in [3.8, 4) is 17.2 Å². The molecule has 0 aliphatic carbocycles. The van der Waals surface area contributed by atoms with Gasteiger partial charge in [-0.1, -0.05) is 18.2 Å². The molecule has 3 heterocycles. The Hall–Kier alpha value is -3.64. The van der Waals surface area contributed by atoms with Crippen molar-refractivity contribution in [2.24, 2.45) is 0 Å². The molecule has 0 fully saturated rings. The van der Waals surface area contributed by atoms with Gasteiger partial charge in [0.25, 0.3) is 0 Å². The molecule has 2 aliphatic rings. The van der Waals surface area contributed by atoms with Gasteiger partial charge in [-0.25, -0.2) is 0 Å². The van der Waals surface area contributed by atoms with Gasteiger partial charge < -0.3 is 14.2 Å². The molecule has 1 aromatic heterocycles. The summed E-state index contributed by atoms with van der Waals surface area (Å²) in [4.78, 5) is 19.3. The number of ketones is 1. The van der Waals surface area contributed by atoms with Gasteiger partial charge in [-0.2, -0.15) is 0 Å². The van der Waals surface area contributed by atoms with Crippen molar-refractivity contribution in [3.63, 3.8) is 0 Å². The molecule has 0 saturated heterocycles. The number of benzene rings is 2. The Morgan fingerprint density at radius 3 is 2.81 bits per heavy atom. The van der Waals surface area contributed by atoms with Gasteiger partial charge in [0.1, 0.15) is 24.0 Å². The van der Waals surface area contributed by atoms with E-state index in [9.17, 15) is 4.79 Å². The average molecular weight is 414 g/mol. The van der Waals surface area contributed by atoms with Crippen molar-refractivity contribution in [1.82, 2.24) is 9.88 Å². The van der Waals surface area contributed by atoms with Gasteiger partial charge in [-0.15, -0.1) is 0 Å². The maximum absolute atomic E-state index is 13.1. The number of hydrogen-bond acceptors (Lipinski definition) is 6. The third-order valence-corrected chi connectivity index (χ3v) is 5.58. The molecule has 5 rings (SSSR count). The van der Waals surface area contributed by atoms with Gasteiger partial charge in [-0.3, -0.25) is 14.7 Å². The summed E-state index contributed by atoms with van der Waals surface area (Å²) >= 11 is 0. The van der Waals surface area contributed by atoms with E-state index in [2.05, 4.69) is 9.88 Å². The van der Waals surface area contributed by atoms with Gasteiger partial charge in [-0.05, 0) is 48.4 Å². The van der Waals surface area contributed by atoms with E-state index in [-0.39, 0.29) is 5.78 Å². The van der Waals surface area contributed by atoms with E-state index in [1.807, 2.05) is 49.4 Å². The molecule has 156 valence electrons. The van der Waals surface area contributed by atoms with Crippen molar-refractivity contribution >= 4 is 11.9 Å². The van der Waals surface area contributed by atoms with Crippen LogP contribution >= 0.6 is 0 Å². The van der Waals surface area contributed by atoms with E-state index in [0.29, 0.717) is 36.9 Å². The van der Waals surface area contributed by atoms with Gasteiger partial charge in [0.2, 0.25) is 5.78 Å². The first-order chi connectivity index (χ1) is 15.1. The summed E-state index contributed by atoms with van der Waals surface area (Å²) in [7, 11) is 1.67. The lowest BCUT2D eigenvalue weighted by molar-refractivity contribution is 0.0864. The molecule has 31 heavy (non-hydrogen) atoms. The van der Waals surface area contributed by atoms with Crippen LogP contribution in [0.15, 0.2) is 60.6 Å². The molecule has 0 N–H and O–H groups in total. The number of para-hydroxylation sites is 1. The Labute approximate surface area is 180 Å². The third-order valence-electron chi connectivity index (χ3n) is 5.58. The summed E-state index contributed by atoms with van der Waals surface area (Å²) in [5.74, 6) is 2.43. The van der Waals surface area contributed by atoms with Crippen molar-refractivity contribution < 1.29 is 19.0 Å². The van der Waals surface area contributed by atoms with Crippen molar-refractivity contribution in [3.05, 3.63) is 88.4 Å². The average Bonchev–Trinajstić information content (AvgIpc) is 3.12. The maximum atomic E-state index is 13.1. The number of aromatic nitrogens is 1. The number of ether oxygens (including phenoxy) is 3. The molecule has 0 atom stereocenters. The number of carbonyl (C=O) groups is 1. The molecule has 0 radical (unpaired) electrons. The number of Topliss-reactive ketones (excluding diaryl/α,β-unsaturated/α-hetero) is 1. The van der Waals surface area contributed by atoms with E-state index in [0.717, 1.165) is 33.8 Å². The smallest absolute Gasteiger partial charge is 0.232 e. The van der Waals surface area contributed by atoms with Crippen LogP contribution in [0.4, 0.5) is 0 Å². The lowest BCUT2D eigenvalue weighted by Gasteiger charge is -2.30. The first-order valence-corrected chi connectivity index (χ1v) is 10.1. The number of pyridine rings is 1. The minimum Gasteiger partial charge on any atom is -0.496 e. The lowest BCUT2D eigenvalue weighted by Crippen LogP contribution is -2.32. The van der Waals surface area contributed by atoms with Crippen LogP contribution in [0.2, 0.25) is 0 Å². The number of methoxy groups -OCH3 is 1. The third kappa shape index (κ3) is 3.55. The highest BCUT2D eigenvalue weighted by Gasteiger charge is 2.35. The number of allylic oxidation sites excluding steroid dienone is 1. The van der Waals surface area contributed by atoms with E-state index in [1.54, 1.807) is 25.6 Å². The zero-order chi connectivity index (χ0) is 21.4. The Morgan fingerprint density at radius 1 is 1.19 bits per heavy atom. The minimum absolute atomic E-state index is 0.103. The quantitative estimate of drug-likeness (QED) is 0.591. The molecular weight excluding hydrogens is 392 g/mol. The second kappa shape index (κ2) is 7.89. The molecule has 3 aromatic rings. The number of hydrogen-bond donors (Lipinski definition) is 0. The fourth-order valence-electron chi connectivity index (χ4n) is 4.06. The molecule has 0 saturated carbocycles. The van der Waals surface area contributed by atoms with Gasteiger partial charge in [0.05, 0.1) is 18.2 Å². The van der Waals surface area contributed by atoms with Crippen LogP contribution in [0.25, 0.3) is 6.08 Å². The normalized spacial score (nSPS) is 16.5. The van der Waals surface area contributed by atoms with Crippen molar-refractivity contribution in [2.45, 2.75) is 20.0 Å². The summed E-state index contributed by atoms with van der Waals surface area (Å²) in [6, 6.07) is 13.6. The summed E-state index contributed by atoms with van der Waals surface area (Å²) < 4.78 is 17.6. The number of nitrogens with zero attached hydrogens (tertiary/aromatic N) is 2. The SMILES string of the molecule is COc1ccccc1CN1COc2cc(C)c3c(c2C1)O/C(=C\c1ccncc1)C3=O. The number of fused-ring (bicyclic) bond motifs is 3. The summed E-state index contributed by atoms with van der Waals surface area (Å²) in [5, 5.41) is 0. The Balaban J connectivity index is 1.47. The highest BCUT2D eigenvalue weighted by atomic mass is 16.5. The van der Waals surface area contributed by atoms with Crippen LogP contribution in [-0.4, -0.2) is 29.5 Å².